The van der Waals surface area contributed by atoms with Crippen molar-refractivity contribution in [3.05, 3.63) is 58.7 Å². The maximum absolute atomic E-state index is 12.6. The maximum atomic E-state index is 12.6. The van der Waals surface area contributed by atoms with E-state index in [2.05, 4.69) is 0 Å². The minimum absolute atomic E-state index is 0.0154. The number of ether oxygens (including phenoxy) is 1. The summed E-state index contributed by atoms with van der Waals surface area (Å²) in [5.74, 6) is -0.863. The minimum Gasteiger partial charge on any atom is -0.481 e. The highest BCUT2D eigenvalue weighted by molar-refractivity contribution is 6.15. The second kappa shape index (κ2) is 10.2. The molecule has 0 fully saturated rings. The fourth-order valence-corrected chi connectivity index (χ4v) is 3.52. The average Bonchev–Trinajstić information content (AvgIpc) is 3.23. The third kappa shape index (κ3) is 6.73. The predicted octanol–water partition coefficient (Wildman–Crippen LogP) is 5.29. The summed E-state index contributed by atoms with van der Waals surface area (Å²) < 4.78 is 5.42. The number of rotatable bonds is 12. The molecule has 5 nitrogen and oxygen atoms in total. The Morgan fingerprint density at radius 1 is 0.871 bits per heavy atom. The summed E-state index contributed by atoms with van der Waals surface area (Å²) in [6.07, 6.45) is 14.8. The molecule has 0 radical (unpaired) electrons. The number of hydrogen-bond donors (Lipinski definition) is 1. The van der Waals surface area contributed by atoms with Gasteiger partial charge in [-0.25, -0.2) is 0 Å². The molecular formula is C26H34O5. The van der Waals surface area contributed by atoms with Gasteiger partial charge < -0.3 is 9.84 Å². The van der Waals surface area contributed by atoms with Crippen LogP contribution in [0.3, 0.4) is 0 Å². The van der Waals surface area contributed by atoms with Gasteiger partial charge in [0.2, 0.25) is 0 Å². The van der Waals surface area contributed by atoms with Crippen molar-refractivity contribution in [1.29, 1.82) is 0 Å². The molecule has 0 aliphatic heterocycles. The molecule has 168 valence electrons. The number of allylic oxidation sites excluding steroid dienone is 10. The zero-order valence-corrected chi connectivity index (χ0v) is 19.3. The van der Waals surface area contributed by atoms with Crippen LogP contribution >= 0.6 is 0 Å². The van der Waals surface area contributed by atoms with E-state index in [1.54, 1.807) is 51.3 Å². The van der Waals surface area contributed by atoms with E-state index >= 15 is 0 Å². The van der Waals surface area contributed by atoms with Crippen LogP contribution < -0.4 is 0 Å². The highest BCUT2D eigenvalue weighted by atomic mass is 16.5. The van der Waals surface area contributed by atoms with E-state index in [1.807, 2.05) is 19.9 Å². The largest absolute Gasteiger partial charge is 0.481 e. The molecule has 31 heavy (non-hydrogen) atoms. The first-order valence-corrected chi connectivity index (χ1v) is 10.8. The molecule has 5 heteroatoms. The predicted molar refractivity (Wildman–Crippen MR) is 122 cm³/mol. The Hall–Kier alpha value is -2.53. The number of Topliss-reactive ketones (excluding diaryl/α,β-unsaturated/α-hetero) is 2. The molecule has 0 atom stereocenters. The van der Waals surface area contributed by atoms with Gasteiger partial charge in [0.1, 0.15) is 0 Å². The summed E-state index contributed by atoms with van der Waals surface area (Å²) in [7, 11) is 1.69. The summed E-state index contributed by atoms with van der Waals surface area (Å²) in [6.45, 7) is 7.46. The first-order valence-electron chi connectivity index (χ1n) is 10.8. The Morgan fingerprint density at radius 3 is 1.74 bits per heavy atom. The Bertz CT molecular complexity index is 891. The van der Waals surface area contributed by atoms with E-state index in [-0.39, 0.29) is 17.2 Å². The number of carbonyl (C=O) groups is 3. The van der Waals surface area contributed by atoms with Crippen molar-refractivity contribution in [2.75, 3.05) is 7.11 Å². The minimum atomic E-state index is -0.828. The summed E-state index contributed by atoms with van der Waals surface area (Å²) in [5.41, 5.74) is 1.63. The molecule has 0 bridgehead atoms. The summed E-state index contributed by atoms with van der Waals surface area (Å²) in [5, 5.41) is 9.19. The highest BCUT2D eigenvalue weighted by Crippen LogP contribution is 2.28. The number of methoxy groups -OCH3 is 1. The summed E-state index contributed by atoms with van der Waals surface area (Å²) >= 11 is 0. The molecule has 0 spiro atoms. The van der Waals surface area contributed by atoms with Crippen LogP contribution in [0.5, 0.6) is 0 Å². The van der Waals surface area contributed by atoms with Gasteiger partial charge in [-0.05, 0) is 66.2 Å². The lowest BCUT2D eigenvalue weighted by Crippen LogP contribution is -2.23. The van der Waals surface area contributed by atoms with Gasteiger partial charge in [-0.15, -0.1) is 0 Å². The van der Waals surface area contributed by atoms with Crippen molar-refractivity contribution in [2.24, 2.45) is 5.41 Å². The SMILES string of the molecule is COC(C)(C)CCCC1=CC=C(/C=C\C2=CC=C(CCCC(C)(C)C(=O)O)C2=O)C1=O. The van der Waals surface area contributed by atoms with Gasteiger partial charge in [0.25, 0.3) is 0 Å². The van der Waals surface area contributed by atoms with Gasteiger partial charge in [0, 0.05) is 29.4 Å². The van der Waals surface area contributed by atoms with Crippen molar-refractivity contribution in [2.45, 2.75) is 71.8 Å². The van der Waals surface area contributed by atoms with Crippen LogP contribution in [-0.2, 0) is 19.1 Å². The molecule has 0 aromatic rings. The normalized spacial score (nSPS) is 17.2. The average molecular weight is 427 g/mol. The van der Waals surface area contributed by atoms with E-state index in [1.165, 1.54) is 0 Å². The van der Waals surface area contributed by atoms with Gasteiger partial charge >= 0.3 is 5.97 Å². The standard InChI is InChI=1S/C26H34O5/c1-25(2,24(29)30)16-6-8-18-10-12-20(22(18)27)14-15-21-13-11-19(23(21)28)9-7-17-26(3,4)31-5/h10-15H,6-9,16-17H2,1-5H3,(H,29,30)/b15-14-. The van der Waals surface area contributed by atoms with Gasteiger partial charge in [-0.3, -0.25) is 14.4 Å². The monoisotopic (exact) mass is 426 g/mol. The number of hydrogen-bond acceptors (Lipinski definition) is 4. The van der Waals surface area contributed by atoms with E-state index in [4.69, 9.17) is 4.74 Å². The zero-order valence-electron chi connectivity index (χ0n) is 19.3. The van der Waals surface area contributed by atoms with E-state index in [9.17, 15) is 19.5 Å². The van der Waals surface area contributed by atoms with Crippen LogP contribution in [0.2, 0.25) is 0 Å². The second-order valence-corrected chi connectivity index (χ2v) is 9.48. The molecule has 0 unspecified atom stereocenters. The molecule has 0 aromatic heterocycles. The van der Waals surface area contributed by atoms with Crippen LogP contribution in [0, 0.1) is 5.41 Å². The van der Waals surface area contributed by atoms with Gasteiger partial charge in [-0.2, -0.15) is 0 Å². The van der Waals surface area contributed by atoms with Crippen molar-refractivity contribution in [3.63, 3.8) is 0 Å². The Kier molecular flexibility index (Phi) is 8.13. The fraction of sp³-hybridized carbons (Fsp3) is 0.500. The van der Waals surface area contributed by atoms with E-state index in [0.29, 0.717) is 42.4 Å². The number of ketones is 2. The van der Waals surface area contributed by atoms with Crippen LogP contribution in [0.25, 0.3) is 0 Å². The third-order valence-electron chi connectivity index (χ3n) is 6.08. The molecule has 1 N–H and O–H groups in total. The lowest BCUT2D eigenvalue weighted by atomic mass is 9.86. The molecular weight excluding hydrogens is 392 g/mol. The molecule has 0 saturated heterocycles. The highest BCUT2D eigenvalue weighted by Gasteiger charge is 2.27. The topological polar surface area (TPSA) is 80.7 Å². The third-order valence-corrected chi connectivity index (χ3v) is 6.08. The van der Waals surface area contributed by atoms with Crippen molar-refractivity contribution < 1.29 is 24.2 Å². The van der Waals surface area contributed by atoms with Crippen molar-refractivity contribution in [1.82, 2.24) is 0 Å². The second-order valence-electron chi connectivity index (χ2n) is 9.48. The number of carboxylic acids is 1. The molecule has 2 aliphatic carbocycles. The van der Waals surface area contributed by atoms with E-state index in [0.717, 1.165) is 18.4 Å². The molecule has 2 aliphatic rings. The number of carbonyl (C=O) groups excluding carboxylic acids is 2. The number of aliphatic carboxylic acids is 1. The summed E-state index contributed by atoms with van der Waals surface area (Å²) in [6, 6.07) is 0. The first-order chi connectivity index (χ1) is 14.5. The van der Waals surface area contributed by atoms with Crippen LogP contribution in [-0.4, -0.2) is 35.4 Å². The summed E-state index contributed by atoms with van der Waals surface area (Å²) in [4.78, 5) is 36.4. The van der Waals surface area contributed by atoms with Gasteiger partial charge in [0.15, 0.2) is 11.6 Å². The van der Waals surface area contributed by atoms with Crippen LogP contribution in [0.4, 0.5) is 0 Å². The smallest absolute Gasteiger partial charge is 0.309 e. The van der Waals surface area contributed by atoms with Crippen molar-refractivity contribution >= 4 is 17.5 Å². The fourth-order valence-electron chi connectivity index (χ4n) is 3.52. The Labute approximate surface area is 185 Å². The van der Waals surface area contributed by atoms with Crippen molar-refractivity contribution in [3.8, 4) is 0 Å². The molecule has 0 heterocycles. The van der Waals surface area contributed by atoms with Crippen LogP contribution in [0.15, 0.2) is 58.7 Å². The van der Waals surface area contributed by atoms with E-state index < -0.39 is 11.4 Å². The lowest BCUT2D eigenvalue weighted by molar-refractivity contribution is -0.147. The van der Waals surface area contributed by atoms with Gasteiger partial charge in [-0.1, -0.05) is 36.5 Å². The van der Waals surface area contributed by atoms with Crippen LogP contribution in [0.1, 0.15) is 66.2 Å². The molecule has 0 aromatic carbocycles. The molecule has 0 amide bonds. The number of carboxylic acid groups (broad SMARTS) is 1. The van der Waals surface area contributed by atoms with Gasteiger partial charge in [0.05, 0.1) is 11.0 Å². The first kappa shape index (κ1) is 24.7. The Balaban J connectivity index is 1.80. The zero-order chi connectivity index (χ0) is 23.2. The molecule has 2 rings (SSSR count). The Morgan fingerprint density at radius 2 is 1.32 bits per heavy atom. The maximum Gasteiger partial charge on any atom is 0.309 e. The molecule has 0 saturated carbocycles. The quantitative estimate of drug-likeness (QED) is 0.459. The lowest BCUT2D eigenvalue weighted by Gasteiger charge is -2.22.